The molecule has 28 heavy (non-hydrogen) atoms. The number of hydrogen-bond donors (Lipinski definition) is 0. The Kier molecular flexibility index (Phi) is 4.62. The maximum absolute atomic E-state index is 6.33. The van der Waals surface area contributed by atoms with Crippen LogP contribution >= 0.6 is 23.2 Å². The van der Waals surface area contributed by atoms with Crippen molar-refractivity contribution in [1.29, 1.82) is 0 Å². The molecular formula is C21H20Cl2N4O. The smallest absolute Gasteiger partial charge is 0.232 e. The molecule has 4 atom stereocenters. The van der Waals surface area contributed by atoms with Crippen LogP contribution in [0.3, 0.4) is 0 Å². The Morgan fingerprint density at radius 2 is 1.89 bits per heavy atom. The monoisotopic (exact) mass is 414 g/mol. The number of halogens is 2. The van der Waals surface area contributed by atoms with E-state index in [0.29, 0.717) is 33.8 Å². The summed E-state index contributed by atoms with van der Waals surface area (Å²) in [7, 11) is 2.21. The summed E-state index contributed by atoms with van der Waals surface area (Å²) < 4.78 is 5.80. The maximum atomic E-state index is 6.33. The van der Waals surface area contributed by atoms with E-state index in [4.69, 9.17) is 32.7 Å². The molecule has 2 aliphatic heterocycles. The van der Waals surface area contributed by atoms with E-state index in [1.807, 2.05) is 24.3 Å². The van der Waals surface area contributed by atoms with Gasteiger partial charge in [-0.1, -0.05) is 34.4 Å². The molecule has 5 rings (SSSR count). The first-order valence-corrected chi connectivity index (χ1v) is 10.3. The Balaban J connectivity index is 1.55. The molecule has 0 unspecified atom stereocenters. The van der Waals surface area contributed by atoms with Gasteiger partial charge in [-0.25, -0.2) is 0 Å². The summed E-state index contributed by atoms with van der Waals surface area (Å²) in [5.41, 5.74) is 2.10. The van der Waals surface area contributed by atoms with Gasteiger partial charge in [-0.3, -0.25) is 9.88 Å². The average Bonchev–Trinajstić information content (AvgIpc) is 3.28. The fourth-order valence-corrected chi connectivity index (χ4v) is 5.18. The Labute approximate surface area is 173 Å². The third-order valence-corrected chi connectivity index (χ3v) is 7.05. The van der Waals surface area contributed by atoms with Gasteiger partial charge in [0.15, 0.2) is 0 Å². The van der Waals surface area contributed by atoms with Crippen LogP contribution in [0.1, 0.15) is 42.6 Å². The summed E-state index contributed by atoms with van der Waals surface area (Å²) in [6.45, 7) is 0. The Morgan fingerprint density at radius 3 is 2.68 bits per heavy atom. The molecule has 5 nitrogen and oxygen atoms in total. The Bertz CT molecular complexity index is 993. The van der Waals surface area contributed by atoms with Crippen molar-refractivity contribution in [3.8, 4) is 11.4 Å². The number of pyridine rings is 1. The topological polar surface area (TPSA) is 55.1 Å². The van der Waals surface area contributed by atoms with Gasteiger partial charge in [-0.15, -0.1) is 0 Å². The molecule has 4 heterocycles. The van der Waals surface area contributed by atoms with E-state index < -0.39 is 0 Å². The van der Waals surface area contributed by atoms with Crippen LogP contribution in [0.5, 0.6) is 0 Å². The molecule has 2 saturated heterocycles. The summed E-state index contributed by atoms with van der Waals surface area (Å²) in [4.78, 5) is 11.3. The lowest BCUT2D eigenvalue weighted by Crippen LogP contribution is -2.44. The van der Waals surface area contributed by atoms with Gasteiger partial charge in [-0.2, -0.15) is 4.98 Å². The lowest BCUT2D eigenvalue weighted by atomic mass is 9.76. The van der Waals surface area contributed by atoms with E-state index in [1.54, 1.807) is 12.4 Å². The highest BCUT2D eigenvalue weighted by atomic mass is 35.5. The Morgan fingerprint density at radius 1 is 1.07 bits per heavy atom. The number of hydrogen-bond acceptors (Lipinski definition) is 5. The number of fused-ring (bicyclic) bond motifs is 2. The number of piperidine rings is 1. The van der Waals surface area contributed by atoms with E-state index in [1.165, 1.54) is 12.0 Å². The number of nitrogens with zero attached hydrogens (tertiary/aromatic N) is 4. The van der Waals surface area contributed by atoms with Gasteiger partial charge >= 0.3 is 0 Å². The van der Waals surface area contributed by atoms with Gasteiger partial charge in [-0.05, 0) is 62.1 Å². The first-order valence-electron chi connectivity index (χ1n) is 9.52. The summed E-state index contributed by atoms with van der Waals surface area (Å²) in [6.07, 6.45) is 6.85. The minimum absolute atomic E-state index is 0.129. The quantitative estimate of drug-likeness (QED) is 0.591. The van der Waals surface area contributed by atoms with Crippen molar-refractivity contribution in [2.24, 2.45) is 0 Å². The summed E-state index contributed by atoms with van der Waals surface area (Å²) in [6, 6.07) is 10.7. The van der Waals surface area contributed by atoms with Crippen LogP contribution in [0.2, 0.25) is 10.0 Å². The minimum atomic E-state index is 0.129. The zero-order chi connectivity index (χ0) is 19.3. The van der Waals surface area contributed by atoms with Crippen LogP contribution in [0, 0.1) is 0 Å². The highest BCUT2D eigenvalue weighted by Crippen LogP contribution is 2.51. The zero-order valence-electron chi connectivity index (χ0n) is 15.4. The number of rotatable bonds is 3. The molecule has 7 heteroatoms. The number of aromatic nitrogens is 3. The molecule has 2 aromatic heterocycles. The summed E-state index contributed by atoms with van der Waals surface area (Å²) >= 11 is 12.5. The third-order valence-electron chi connectivity index (χ3n) is 6.31. The van der Waals surface area contributed by atoms with Crippen molar-refractivity contribution >= 4 is 23.2 Å². The molecule has 0 aliphatic carbocycles. The normalized spacial score (nSPS) is 27.2. The van der Waals surface area contributed by atoms with E-state index in [0.717, 1.165) is 18.4 Å². The average molecular weight is 415 g/mol. The second kappa shape index (κ2) is 7.14. The van der Waals surface area contributed by atoms with Crippen molar-refractivity contribution in [3.63, 3.8) is 0 Å². The van der Waals surface area contributed by atoms with Gasteiger partial charge in [0, 0.05) is 30.0 Å². The molecular weight excluding hydrogens is 395 g/mol. The molecule has 144 valence electrons. The van der Waals surface area contributed by atoms with E-state index in [2.05, 4.69) is 28.2 Å². The molecule has 0 spiro atoms. The van der Waals surface area contributed by atoms with Crippen molar-refractivity contribution in [3.05, 3.63) is 64.2 Å². The predicted octanol–water partition coefficient (Wildman–Crippen LogP) is 5.17. The second-order valence-electron chi connectivity index (χ2n) is 7.70. The summed E-state index contributed by atoms with van der Waals surface area (Å²) in [5, 5.41) is 5.42. The van der Waals surface area contributed by atoms with Gasteiger partial charge < -0.3 is 4.52 Å². The molecule has 2 fully saturated rings. The standard InChI is InChI=1S/C21H20Cl2N4O/c1-27-14-3-5-18(27)19(15(11-14)13-2-4-16(22)17(23)10-13)21-25-20(26-28-21)12-6-8-24-9-7-12/h2,4,6-10,14-15,18-19H,3,5,11H2,1H3/t14-,15+,18-,19-/m1/s1. The minimum Gasteiger partial charge on any atom is -0.339 e. The SMILES string of the molecule is CN1[C@@H]2CC[C@@H]1[C@H](c1nc(-c3ccncc3)no1)[C@H](c1ccc(Cl)c(Cl)c1)C2. The van der Waals surface area contributed by atoms with E-state index >= 15 is 0 Å². The van der Waals surface area contributed by atoms with Crippen LogP contribution in [-0.2, 0) is 0 Å². The molecule has 0 N–H and O–H groups in total. The van der Waals surface area contributed by atoms with Gasteiger partial charge in [0.25, 0.3) is 0 Å². The molecule has 1 aromatic carbocycles. The van der Waals surface area contributed by atoms with Crippen LogP contribution in [-0.4, -0.2) is 39.2 Å². The molecule has 3 aromatic rings. The second-order valence-corrected chi connectivity index (χ2v) is 8.51. The van der Waals surface area contributed by atoms with Crippen LogP contribution in [0.4, 0.5) is 0 Å². The molecule has 0 radical (unpaired) electrons. The lowest BCUT2D eigenvalue weighted by molar-refractivity contribution is 0.120. The maximum Gasteiger partial charge on any atom is 0.232 e. The van der Waals surface area contributed by atoms with E-state index in [9.17, 15) is 0 Å². The highest BCUT2D eigenvalue weighted by Gasteiger charge is 2.49. The third kappa shape index (κ3) is 3.02. The number of benzene rings is 1. The van der Waals surface area contributed by atoms with Crippen LogP contribution in [0.25, 0.3) is 11.4 Å². The fraction of sp³-hybridized carbons (Fsp3) is 0.381. The molecule has 0 saturated carbocycles. The van der Waals surface area contributed by atoms with Gasteiger partial charge in [0.05, 0.1) is 16.0 Å². The first kappa shape index (κ1) is 18.1. The molecule has 0 amide bonds. The van der Waals surface area contributed by atoms with Gasteiger partial charge in [0.1, 0.15) is 0 Å². The molecule has 2 aliphatic rings. The first-order chi connectivity index (χ1) is 13.6. The van der Waals surface area contributed by atoms with E-state index in [-0.39, 0.29) is 11.8 Å². The van der Waals surface area contributed by atoms with Crippen molar-refractivity contribution in [1.82, 2.24) is 20.0 Å². The number of likely N-dealkylation sites (N-methyl/N-ethyl adjacent to an activating group) is 1. The molecule has 2 bridgehead atoms. The zero-order valence-corrected chi connectivity index (χ0v) is 16.9. The highest BCUT2D eigenvalue weighted by molar-refractivity contribution is 6.42. The van der Waals surface area contributed by atoms with Crippen molar-refractivity contribution in [2.75, 3.05) is 7.05 Å². The van der Waals surface area contributed by atoms with Crippen LogP contribution < -0.4 is 0 Å². The lowest BCUT2D eigenvalue weighted by Gasteiger charge is -2.41. The van der Waals surface area contributed by atoms with Crippen molar-refractivity contribution in [2.45, 2.75) is 43.2 Å². The fourth-order valence-electron chi connectivity index (χ4n) is 4.88. The summed E-state index contributed by atoms with van der Waals surface area (Å²) in [5.74, 6) is 1.70. The predicted molar refractivity (Wildman–Crippen MR) is 109 cm³/mol. The largest absolute Gasteiger partial charge is 0.339 e. The van der Waals surface area contributed by atoms with Crippen molar-refractivity contribution < 1.29 is 4.52 Å². The Hall–Kier alpha value is -1.95. The van der Waals surface area contributed by atoms with Gasteiger partial charge in [0.2, 0.25) is 11.7 Å². The van der Waals surface area contributed by atoms with Crippen LogP contribution in [0.15, 0.2) is 47.2 Å².